The third-order valence-corrected chi connectivity index (χ3v) is 2.82. The molecule has 4 heteroatoms. The third kappa shape index (κ3) is 6.34. The number of benzene rings is 1. The first kappa shape index (κ1) is 15.4. The predicted molar refractivity (Wildman–Crippen MR) is 73.4 cm³/mol. The van der Waals surface area contributed by atoms with Gasteiger partial charge in [0.05, 0.1) is 6.61 Å². The maximum absolute atomic E-state index is 13.4. The molecule has 0 heterocycles. The third-order valence-electron chi connectivity index (χ3n) is 2.59. The van der Waals surface area contributed by atoms with Crippen molar-refractivity contribution in [3.05, 3.63) is 34.6 Å². The number of halogens is 2. The molecule has 0 aliphatic heterocycles. The van der Waals surface area contributed by atoms with Crippen LogP contribution in [0.3, 0.4) is 0 Å². The summed E-state index contributed by atoms with van der Waals surface area (Å²) in [6.07, 6.45) is 1.07. The van der Waals surface area contributed by atoms with Gasteiger partial charge in [0.25, 0.3) is 0 Å². The highest BCUT2D eigenvalue weighted by atomic mass is 35.5. The van der Waals surface area contributed by atoms with Crippen LogP contribution in [0.1, 0.15) is 25.8 Å². The highest BCUT2D eigenvalue weighted by Gasteiger charge is 2.02. The average molecular weight is 274 g/mol. The summed E-state index contributed by atoms with van der Waals surface area (Å²) in [6.45, 7) is 6.96. The van der Waals surface area contributed by atoms with Gasteiger partial charge in [0, 0.05) is 30.3 Å². The van der Waals surface area contributed by atoms with Crippen LogP contribution in [-0.2, 0) is 11.3 Å². The number of ether oxygens (including phenoxy) is 1. The molecule has 0 spiro atoms. The molecule has 1 N–H and O–H groups in total. The van der Waals surface area contributed by atoms with E-state index in [0.717, 1.165) is 13.0 Å². The Hall–Kier alpha value is -0.640. The molecule has 0 radical (unpaired) electrons. The molecule has 0 aliphatic carbocycles. The minimum Gasteiger partial charge on any atom is -0.380 e. The molecule has 1 aromatic rings. The number of nitrogens with one attached hydrogen (secondary N) is 1. The molecule has 102 valence electrons. The van der Waals surface area contributed by atoms with Crippen LogP contribution in [-0.4, -0.2) is 19.8 Å². The Kier molecular flexibility index (Phi) is 7.25. The van der Waals surface area contributed by atoms with Crippen LogP contribution in [0.2, 0.25) is 5.02 Å². The lowest BCUT2D eigenvalue weighted by molar-refractivity contribution is 0.125. The Bertz CT molecular complexity index is 358. The number of hydrogen-bond donors (Lipinski definition) is 1. The highest BCUT2D eigenvalue weighted by Crippen LogP contribution is 2.14. The Morgan fingerprint density at radius 2 is 2.11 bits per heavy atom. The molecule has 0 unspecified atom stereocenters. The molecule has 1 rings (SSSR count). The molecule has 0 bridgehead atoms. The molecule has 0 atom stereocenters. The van der Waals surface area contributed by atoms with Gasteiger partial charge in [-0.15, -0.1) is 0 Å². The first-order valence-electron chi connectivity index (χ1n) is 6.32. The van der Waals surface area contributed by atoms with Gasteiger partial charge in [0.2, 0.25) is 0 Å². The van der Waals surface area contributed by atoms with E-state index in [1.165, 1.54) is 6.07 Å². The van der Waals surface area contributed by atoms with Crippen LogP contribution >= 0.6 is 11.6 Å². The fourth-order valence-corrected chi connectivity index (χ4v) is 1.66. The lowest BCUT2D eigenvalue weighted by Crippen LogP contribution is -2.20. The van der Waals surface area contributed by atoms with E-state index in [2.05, 4.69) is 19.2 Å². The lowest BCUT2D eigenvalue weighted by Gasteiger charge is -2.08. The van der Waals surface area contributed by atoms with Crippen LogP contribution in [0, 0.1) is 11.7 Å². The maximum atomic E-state index is 13.4. The summed E-state index contributed by atoms with van der Waals surface area (Å²) in [5.74, 6) is 0.436. The normalized spacial score (nSPS) is 11.2. The molecule has 0 amide bonds. The van der Waals surface area contributed by atoms with E-state index in [4.69, 9.17) is 16.3 Å². The summed E-state index contributed by atoms with van der Waals surface area (Å²) in [5, 5.41) is 3.69. The Morgan fingerprint density at radius 1 is 1.33 bits per heavy atom. The van der Waals surface area contributed by atoms with Crippen LogP contribution in [0.25, 0.3) is 0 Å². The summed E-state index contributed by atoms with van der Waals surface area (Å²) < 4.78 is 18.8. The minimum absolute atomic E-state index is 0.229. The van der Waals surface area contributed by atoms with Crippen molar-refractivity contribution in [3.63, 3.8) is 0 Å². The van der Waals surface area contributed by atoms with E-state index < -0.39 is 0 Å². The summed E-state index contributed by atoms with van der Waals surface area (Å²) in [7, 11) is 0. The second kappa shape index (κ2) is 8.46. The van der Waals surface area contributed by atoms with Gasteiger partial charge >= 0.3 is 0 Å². The zero-order chi connectivity index (χ0) is 13.4. The summed E-state index contributed by atoms with van der Waals surface area (Å²) in [6, 6.07) is 4.58. The number of rotatable bonds is 8. The van der Waals surface area contributed by atoms with Crippen molar-refractivity contribution in [2.45, 2.75) is 26.8 Å². The monoisotopic (exact) mass is 273 g/mol. The number of hydrogen-bond acceptors (Lipinski definition) is 2. The topological polar surface area (TPSA) is 21.3 Å². The second-order valence-corrected chi connectivity index (χ2v) is 5.14. The predicted octanol–water partition coefficient (Wildman–Crippen LogP) is 3.63. The molecule has 0 aliphatic rings. The van der Waals surface area contributed by atoms with Gasteiger partial charge in [-0.2, -0.15) is 0 Å². The molecule has 1 aromatic carbocycles. The van der Waals surface area contributed by atoms with Gasteiger partial charge in [-0.05, 0) is 30.5 Å². The fourth-order valence-electron chi connectivity index (χ4n) is 1.47. The standard InChI is InChI=1S/C14H21ClFNO/c1-11(2)5-7-18-8-6-17-10-12-9-13(15)3-4-14(12)16/h3-4,9,11,17H,5-8,10H2,1-2H3. The van der Waals surface area contributed by atoms with E-state index in [9.17, 15) is 4.39 Å². The molecular formula is C14H21ClFNO. The molecular weight excluding hydrogens is 253 g/mol. The zero-order valence-electron chi connectivity index (χ0n) is 11.0. The molecule has 18 heavy (non-hydrogen) atoms. The second-order valence-electron chi connectivity index (χ2n) is 4.71. The summed E-state index contributed by atoms with van der Waals surface area (Å²) in [4.78, 5) is 0. The van der Waals surface area contributed by atoms with E-state index in [-0.39, 0.29) is 5.82 Å². The molecule has 0 saturated heterocycles. The van der Waals surface area contributed by atoms with Gasteiger partial charge in [-0.1, -0.05) is 25.4 Å². The Balaban J connectivity index is 2.12. The van der Waals surface area contributed by atoms with Gasteiger partial charge < -0.3 is 10.1 Å². The van der Waals surface area contributed by atoms with E-state index in [0.29, 0.717) is 36.2 Å². The maximum Gasteiger partial charge on any atom is 0.127 e. The highest BCUT2D eigenvalue weighted by molar-refractivity contribution is 6.30. The van der Waals surface area contributed by atoms with Gasteiger partial charge in [0.1, 0.15) is 5.82 Å². The smallest absolute Gasteiger partial charge is 0.127 e. The van der Waals surface area contributed by atoms with Gasteiger partial charge in [-0.25, -0.2) is 4.39 Å². The Morgan fingerprint density at radius 3 is 2.83 bits per heavy atom. The molecule has 2 nitrogen and oxygen atoms in total. The van der Waals surface area contributed by atoms with Gasteiger partial charge in [-0.3, -0.25) is 0 Å². The quantitative estimate of drug-likeness (QED) is 0.731. The summed E-state index contributed by atoms with van der Waals surface area (Å²) in [5.41, 5.74) is 0.588. The largest absolute Gasteiger partial charge is 0.380 e. The average Bonchev–Trinajstić information content (AvgIpc) is 2.32. The first-order valence-corrected chi connectivity index (χ1v) is 6.69. The van der Waals surface area contributed by atoms with Crippen molar-refractivity contribution in [2.24, 2.45) is 5.92 Å². The van der Waals surface area contributed by atoms with Crippen molar-refractivity contribution < 1.29 is 9.13 Å². The Labute approximate surface area is 113 Å². The first-order chi connectivity index (χ1) is 8.59. The van der Waals surface area contributed by atoms with E-state index in [1.807, 2.05) is 0 Å². The van der Waals surface area contributed by atoms with Crippen LogP contribution in [0.15, 0.2) is 18.2 Å². The van der Waals surface area contributed by atoms with Crippen molar-refractivity contribution >= 4 is 11.6 Å². The SMILES string of the molecule is CC(C)CCOCCNCc1cc(Cl)ccc1F. The van der Waals surface area contributed by atoms with E-state index >= 15 is 0 Å². The van der Waals surface area contributed by atoms with Crippen LogP contribution in [0.5, 0.6) is 0 Å². The van der Waals surface area contributed by atoms with Crippen molar-refractivity contribution in [2.75, 3.05) is 19.8 Å². The molecule has 0 fully saturated rings. The summed E-state index contributed by atoms with van der Waals surface area (Å²) >= 11 is 5.81. The fraction of sp³-hybridized carbons (Fsp3) is 0.571. The van der Waals surface area contributed by atoms with Gasteiger partial charge in [0.15, 0.2) is 0 Å². The van der Waals surface area contributed by atoms with Crippen molar-refractivity contribution in [1.29, 1.82) is 0 Å². The lowest BCUT2D eigenvalue weighted by atomic mass is 10.1. The zero-order valence-corrected chi connectivity index (χ0v) is 11.8. The van der Waals surface area contributed by atoms with Crippen LogP contribution < -0.4 is 5.32 Å². The van der Waals surface area contributed by atoms with Crippen molar-refractivity contribution in [1.82, 2.24) is 5.32 Å². The minimum atomic E-state index is -0.229. The van der Waals surface area contributed by atoms with Crippen molar-refractivity contribution in [3.8, 4) is 0 Å². The molecule has 0 aromatic heterocycles. The van der Waals surface area contributed by atoms with E-state index in [1.54, 1.807) is 12.1 Å². The van der Waals surface area contributed by atoms with Crippen LogP contribution in [0.4, 0.5) is 4.39 Å². The molecule has 0 saturated carbocycles.